The Morgan fingerprint density at radius 3 is 2.92 bits per heavy atom. The van der Waals surface area contributed by atoms with Gasteiger partial charge in [-0.3, -0.25) is 0 Å². The number of fused-ring (bicyclic) bond motifs is 1. The van der Waals surface area contributed by atoms with Gasteiger partial charge in [0, 0.05) is 5.56 Å². The third-order valence-electron chi connectivity index (χ3n) is 2.19. The third-order valence-corrected chi connectivity index (χ3v) is 2.19. The van der Waals surface area contributed by atoms with Crippen LogP contribution in [-0.2, 0) is 0 Å². The summed E-state index contributed by atoms with van der Waals surface area (Å²) in [6, 6.07) is 6.33. The minimum atomic E-state index is 0.711. The van der Waals surface area contributed by atoms with Crippen molar-refractivity contribution in [3.63, 3.8) is 0 Å². The zero-order valence-electron chi connectivity index (χ0n) is 7.42. The van der Waals surface area contributed by atoms with Gasteiger partial charge in [0.25, 0.3) is 0 Å². The van der Waals surface area contributed by atoms with Gasteiger partial charge in [-0.2, -0.15) is 0 Å². The van der Waals surface area contributed by atoms with Gasteiger partial charge in [-0.25, -0.2) is 0 Å². The lowest BCUT2D eigenvalue weighted by atomic mass is 10.0. The van der Waals surface area contributed by atoms with Crippen molar-refractivity contribution in [2.45, 2.75) is 13.8 Å². The van der Waals surface area contributed by atoms with Crippen molar-refractivity contribution >= 4 is 5.57 Å². The monoisotopic (exact) mass is 160 g/mol. The molecule has 0 saturated carbocycles. The second kappa shape index (κ2) is 2.67. The van der Waals surface area contributed by atoms with Gasteiger partial charge in [-0.05, 0) is 37.1 Å². The average molecular weight is 160 g/mol. The molecule has 0 radical (unpaired) electrons. The van der Waals surface area contributed by atoms with Gasteiger partial charge in [0.05, 0.1) is 0 Å². The van der Waals surface area contributed by atoms with Crippen molar-refractivity contribution in [2.75, 3.05) is 6.61 Å². The van der Waals surface area contributed by atoms with E-state index in [0.29, 0.717) is 6.61 Å². The first-order chi connectivity index (χ1) is 5.77. The first-order valence-electron chi connectivity index (χ1n) is 4.18. The molecule has 0 aliphatic carbocycles. The van der Waals surface area contributed by atoms with Gasteiger partial charge in [0.2, 0.25) is 0 Å². The maximum Gasteiger partial charge on any atom is 0.127 e. The number of allylic oxidation sites excluding steroid dienone is 1. The third kappa shape index (κ3) is 1.11. The zero-order valence-corrected chi connectivity index (χ0v) is 7.42. The smallest absolute Gasteiger partial charge is 0.127 e. The molecular weight excluding hydrogens is 148 g/mol. The predicted octanol–water partition coefficient (Wildman–Crippen LogP) is 2.79. The van der Waals surface area contributed by atoms with E-state index in [1.165, 1.54) is 16.7 Å². The lowest BCUT2D eigenvalue weighted by Gasteiger charge is -2.16. The quantitative estimate of drug-likeness (QED) is 0.567. The van der Waals surface area contributed by atoms with E-state index in [2.05, 4.69) is 38.1 Å². The first-order valence-corrected chi connectivity index (χ1v) is 4.18. The van der Waals surface area contributed by atoms with E-state index in [0.717, 1.165) is 5.75 Å². The summed E-state index contributed by atoms with van der Waals surface area (Å²) in [6.45, 7) is 4.91. The van der Waals surface area contributed by atoms with Crippen LogP contribution in [0.3, 0.4) is 0 Å². The summed E-state index contributed by atoms with van der Waals surface area (Å²) in [4.78, 5) is 0. The van der Waals surface area contributed by atoms with E-state index in [4.69, 9.17) is 4.74 Å². The summed E-state index contributed by atoms with van der Waals surface area (Å²) in [7, 11) is 0. The fraction of sp³-hybridized carbons (Fsp3) is 0.273. The maximum atomic E-state index is 5.50. The first kappa shape index (κ1) is 7.41. The molecule has 1 aromatic carbocycles. The van der Waals surface area contributed by atoms with E-state index >= 15 is 0 Å². The molecule has 0 unspecified atom stereocenters. The molecule has 0 amide bonds. The second-order valence-electron chi connectivity index (χ2n) is 3.20. The van der Waals surface area contributed by atoms with Crippen LogP contribution in [0.2, 0.25) is 0 Å². The van der Waals surface area contributed by atoms with Crippen LogP contribution < -0.4 is 4.74 Å². The van der Waals surface area contributed by atoms with Crippen LogP contribution in [0.15, 0.2) is 24.3 Å². The van der Waals surface area contributed by atoms with Crippen molar-refractivity contribution in [1.29, 1.82) is 0 Å². The highest BCUT2D eigenvalue weighted by atomic mass is 16.5. The van der Waals surface area contributed by atoms with E-state index in [9.17, 15) is 0 Å². The van der Waals surface area contributed by atoms with Crippen molar-refractivity contribution in [3.05, 3.63) is 35.4 Å². The minimum Gasteiger partial charge on any atom is -0.489 e. The Bertz CT molecular complexity index is 337. The van der Waals surface area contributed by atoms with E-state index in [1.54, 1.807) is 0 Å². The number of rotatable bonds is 0. The number of hydrogen-bond donors (Lipinski definition) is 0. The molecule has 12 heavy (non-hydrogen) atoms. The van der Waals surface area contributed by atoms with Gasteiger partial charge >= 0.3 is 0 Å². The summed E-state index contributed by atoms with van der Waals surface area (Å²) < 4.78 is 5.50. The molecule has 1 heteroatoms. The zero-order chi connectivity index (χ0) is 8.55. The van der Waals surface area contributed by atoms with Crippen LogP contribution >= 0.6 is 0 Å². The summed E-state index contributed by atoms with van der Waals surface area (Å²) in [6.07, 6.45) is 2.11. The number of aryl methyl sites for hydroxylation is 1. The van der Waals surface area contributed by atoms with Crippen LogP contribution in [0.25, 0.3) is 5.57 Å². The second-order valence-corrected chi connectivity index (χ2v) is 3.20. The largest absolute Gasteiger partial charge is 0.489 e. The Balaban J connectivity index is 2.56. The maximum absolute atomic E-state index is 5.50. The molecule has 0 saturated heterocycles. The Morgan fingerprint density at radius 2 is 2.08 bits per heavy atom. The molecule has 1 nitrogen and oxygen atoms in total. The highest BCUT2D eigenvalue weighted by molar-refractivity contribution is 5.70. The Hall–Kier alpha value is -1.24. The minimum absolute atomic E-state index is 0.711. The van der Waals surface area contributed by atoms with Gasteiger partial charge < -0.3 is 4.74 Å². The van der Waals surface area contributed by atoms with Crippen LogP contribution in [0.1, 0.15) is 18.1 Å². The molecular formula is C11H12O. The molecule has 62 valence electrons. The van der Waals surface area contributed by atoms with Gasteiger partial charge in [-0.15, -0.1) is 0 Å². The van der Waals surface area contributed by atoms with Gasteiger partial charge in [0.15, 0.2) is 0 Å². The van der Waals surface area contributed by atoms with Crippen LogP contribution in [0.5, 0.6) is 5.75 Å². The summed E-state index contributed by atoms with van der Waals surface area (Å²) in [5.74, 6) is 1.02. The molecule has 0 spiro atoms. The topological polar surface area (TPSA) is 9.23 Å². The van der Waals surface area contributed by atoms with Crippen molar-refractivity contribution in [1.82, 2.24) is 0 Å². The summed E-state index contributed by atoms with van der Waals surface area (Å²) >= 11 is 0. The van der Waals surface area contributed by atoms with Crippen LogP contribution in [0.4, 0.5) is 0 Å². The summed E-state index contributed by atoms with van der Waals surface area (Å²) in [5.41, 5.74) is 3.80. The lowest BCUT2D eigenvalue weighted by Crippen LogP contribution is -2.03. The fourth-order valence-electron chi connectivity index (χ4n) is 1.44. The average Bonchev–Trinajstić information content (AvgIpc) is 2.04. The SMILES string of the molecule is CC1=CCOc2cc(C)ccc21. The standard InChI is InChI=1S/C11H12O/c1-8-3-4-10-9(2)5-6-12-11(10)7-8/h3-5,7H,6H2,1-2H3. The predicted molar refractivity (Wildman–Crippen MR) is 50.3 cm³/mol. The van der Waals surface area contributed by atoms with Gasteiger partial charge in [-0.1, -0.05) is 12.1 Å². The molecule has 1 aromatic rings. The van der Waals surface area contributed by atoms with Crippen molar-refractivity contribution in [3.8, 4) is 5.75 Å². The van der Waals surface area contributed by atoms with E-state index < -0.39 is 0 Å². The molecule has 2 rings (SSSR count). The normalized spacial score (nSPS) is 14.7. The van der Waals surface area contributed by atoms with Crippen LogP contribution in [-0.4, -0.2) is 6.61 Å². The van der Waals surface area contributed by atoms with Gasteiger partial charge in [0.1, 0.15) is 12.4 Å². The molecule has 0 N–H and O–H groups in total. The molecule has 0 aromatic heterocycles. The van der Waals surface area contributed by atoms with E-state index in [-0.39, 0.29) is 0 Å². The van der Waals surface area contributed by atoms with Crippen LogP contribution in [0, 0.1) is 6.92 Å². The molecule has 0 atom stereocenters. The Kier molecular flexibility index (Phi) is 1.65. The highest BCUT2D eigenvalue weighted by Crippen LogP contribution is 2.29. The Labute approximate surface area is 72.7 Å². The van der Waals surface area contributed by atoms with Crippen molar-refractivity contribution in [2.24, 2.45) is 0 Å². The number of hydrogen-bond acceptors (Lipinski definition) is 1. The molecule has 0 fully saturated rings. The highest BCUT2D eigenvalue weighted by Gasteiger charge is 2.09. The lowest BCUT2D eigenvalue weighted by molar-refractivity contribution is 0.357. The van der Waals surface area contributed by atoms with Crippen molar-refractivity contribution < 1.29 is 4.74 Å². The molecule has 0 bridgehead atoms. The van der Waals surface area contributed by atoms with E-state index in [1.807, 2.05) is 0 Å². The fourth-order valence-corrected chi connectivity index (χ4v) is 1.44. The number of ether oxygens (including phenoxy) is 1. The summed E-state index contributed by atoms with van der Waals surface area (Å²) in [5, 5.41) is 0. The number of benzene rings is 1. The molecule has 1 aliphatic heterocycles. The molecule has 1 heterocycles. The Morgan fingerprint density at radius 1 is 1.25 bits per heavy atom. The molecule has 1 aliphatic rings.